The van der Waals surface area contributed by atoms with Crippen molar-refractivity contribution in [2.75, 3.05) is 33.4 Å². The Bertz CT molecular complexity index is 531. The summed E-state index contributed by atoms with van der Waals surface area (Å²) in [5.74, 6) is 0. The summed E-state index contributed by atoms with van der Waals surface area (Å²) in [4.78, 5) is 0.205. The first kappa shape index (κ1) is 17.1. The molecule has 0 aliphatic rings. The predicted octanol–water partition coefficient (Wildman–Crippen LogP) is 0.0831. The van der Waals surface area contributed by atoms with E-state index in [4.69, 9.17) is 15.6 Å². The number of sulfonamides is 1. The lowest BCUT2D eigenvalue weighted by molar-refractivity contribution is 0.168. The third-order valence-corrected chi connectivity index (χ3v) is 4.96. The lowest BCUT2D eigenvalue weighted by Gasteiger charge is -2.21. The Labute approximate surface area is 120 Å². The van der Waals surface area contributed by atoms with E-state index in [1.165, 1.54) is 11.4 Å². The molecule has 0 aromatic heterocycles. The molecule has 0 saturated heterocycles. The van der Waals surface area contributed by atoms with Crippen LogP contribution in [0.15, 0.2) is 23.1 Å². The van der Waals surface area contributed by atoms with Crippen LogP contribution >= 0.6 is 0 Å². The Morgan fingerprint density at radius 1 is 1.35 bits per heavy atom. The van der Waals surface area contributed by atoms with E-state index in [0.717, 1.165) is 11.1 Å². The summed E-state index contributed by atoms with van der Waals surface area (Å²) in [7, 11) is -2.13. The fourth-order valence-electron chi connectivity index (χ4n) is 1.86. The molecule has 7 heteroatoms. The number of ether oxygens (including phenoxy) is 1. The monoisotopic (exact) mass is 302 g/mol. The Hall–Kier alpha value is -0.990. The SMILES string of the molecule is COCCN(CCO)S(=O)(=O)c1ccc(CN)c(C)c1. The summed E-state index contributed by atoms with van der Waals surface area (Å²) in [6.45, 7) is 2.49. The van der Waals surface area contributed by atoms with Gasteiger partial charge < -0.3 is 15.6 Å². The normalized spacial score (nSPS) is 12.1. The van der Waals surface area contributed by atoms with E-state index in [2.05, 4.69) is 0 Å². The first-order valence-electron chi connectivity index (χ1n) is 6.37. The molecule has 20 heavy (non-hydrogen) atoms. The van der Waals surface area contributed by atoms with Gasteiger partial charge in [-0.3, -0.25) is 0 Å². The molecule has 0 unspecified atom stereocenters. The van der Waals surface area contributed by atoms with Crippen LogP contribution in [0.25, 0.3) is 0 Å². The second-order valence-corrected chi connectivity index (χ2v) is 6.35. The largest absolute Gasteiger partial charge is 0.395 e. The second-order valence-electron chi connectivity index (χ2n) is 4.41. The van der Waals surface area contributed by atoms with Crippen LogP contribution in [0.4, 0.5) is 0 Å². The number of hydrogen-bond acceptors (Lipinski definition) is 5. The molecule has 0 spiro atoms. The van der Waals surface area contributed by atoms with Gasteiger partial charge in [0.15, 0.2) is 0 Å². The fourth-order valence-corrected chi connectivity index (χ4v) is 3.36. The molecule has 0 fully saturated rings. The van der Waals surface area contributed by atoms with E-state index < -0.39 is 10.0 Å². The van der Waals surface area contributed by atoms with Crippen molar-refractivity contribution in [2.24, 2.45) is 5.73 Å². The number of methoxy groups -OCH3 is 1. The van der Waals surface area contributed by atoms with Crippen molar-refractivity contribution in [2.45, 2.75) is 18.4 Å². The van der Waals surface area contributed by atoms with Crippen LogP contribution in [-0.2, 0) is 21.3 Å². The van der Waals surface area contributed by atoms with Crippen LogP contribution in [0, 0.1) is 6.92 Å². The summed E-state index contributed by atoms with van der Waals surface area (Å²) >= 11 is 0. The maximum atomic E-state index is 12.5. The van der Waals surface area contributed by atoms with Gasteiger partial charge in [-0.15, -0.1) is 0 Å². The van der Waals surface area contributed by atoms with Gasteiger partial charge in [-0.05, 0) is 30.2 Å². The highest BCUT2D eigenvalue weighted by Crippen LogP contribution is 2.19. The minimum Gasteiger partial charge on any atom is -0.395 e. The highest BCUT2D eigenvalue weighted by molar-refractivity contribution is 7.89. The smallest absolute Gasteiger partial charge is 0.243 e. The molecule has 6 nitrogen and oxygen atoms in total. The molecule has 0 bridgehead atoms. The molecular formula is C13H22N2O4S. The number of aryl methyl sites for hydroxylation is 1. The molecule has 1 aromatic carbocycles. The number of hydrogen-bond donors (Lipinski definition) is 2. The zero-order valence-electron chi connectivity index (χ0n) is 11.9. The molecule has 0 radical (unpaired) electrons. The molecule has 0 heterocycles. The summed E-state index contributed by atoms with van der Waals surface area (Å²) < 4.78 is 31.1. The summed E-state index contributed by atoms with van der Waals surface area (Å²) in [6, 6.07) is 4.87. The number of aliphatic hydroxyl groups is 1. The van der Waals surface area contributed by atoms with E-state index in [-0.39, 0.29) is 31.2 Å². The van der Waals surface area contributed by atoms with Gasteiger partial charge >= 0.3 is 0 Å². The van der Waals surface area contributed by atoms with E-state index in [1.54, 1.807) is 18.2 Å². The Morgan fingerprint density at radius 3 is 2.55 bits per heavy atom. The van der Waals surface area contributed by atoms with E-state index >= 15 is 0 Å². The molecule has 114 valence electrons. The van der Waals surface area contributed by atoms with Gasteiger partial charge in [0.2, 0.25) is 10.0 Å². The van der Waals surface area contributed by atoms with Crippen LogP contribution in [0.1, 0.15) is 11.1 Å². The molecule has 1 aromatic rings. The quantitative estimate of drug-likeness (QED) is 0.709. The van der Waals surface area contributed by atoms with Crippen LogP contribution in [0.5, 0.6) is 0 Å². The third kappa shape index (κ3) is 4.00. The Balaban J connectivity index is 3.08. The number of benzene rings is 1. The number of nitrogens with two attached hydrogens (primary N) is 1. The Kier molecular flexibility index (Phi) is 6.57. The first-order valence-corrected chi connectivity index (χ1v) is 7.81. The predicted molar refractivity (Wildman–Crippen MR) is 76.8 cm³/mol. The average Bonchev–Trinajstić information content (AvgIpc) is 2.43. The number of nitrogens with zero attached hydrogens (tertiary/aromatic N) is 1. The van der Waals surface area contributed by atoms with Crippen molar-refractivity contribution < 1.29 is 18.3 Å². The molecule has 0 atom stereocenters. The van der Waals surface area contributed by atoms with Crippen molar-refractivity contribution in [3.05, 3.63) is 29.3 Å². The van der Waals surface area contributed by atoms with Gasteiger partial charge in [0.25, 0.3) is 0 Å². The third-order valence-electron chi connectivity index (χ3n) is 3.07. The van der Waals surface area contributed by atoms with Gasteiger partial charge in [-0.25, -0.2) is 8.42 Å². The molecule has 3 N–H and O–H groups in total. The van der Waals surface area contributed by atoms with Crippen molar-refractivity contribution in [1.29, 1.82) is 0 Å². The van der Waals surface area contributed by atoms with Gasteiger partial charge in [-0.2, -0.15) is 4.31 Å². The average molecular weight is 302 g/mol. The first-order chi connectivity index (χ1) is 9.47. The van der Waals surface area contributed by atoms with Crippen molar-refractivity contribution in [1.82, 2.24) is 4.31 Å². The lowest BCUT2D eigenvalue weighted by Crippen LogP contribution is -2.36. The minimum absolute atomic E-state index is 0.0450. The maximum Gasteiger partial charge on any atom is 0.243 e. The summed E-state index contributed by atoms with van der Waals surface area (Å²) in [5, 5.41) is 9.02. The van der Waals surface area contributed by atoms with Gasteiger partial charge in [-0.1, -0.05) is 6.07 Å². The molecule has 0 aliphatic carbocycles. The second kappa shape index (κ2) is 7.70. The van der Waals surface area contributed by atoms with Gasteiger partial charge in [0.05, 0.1) is 18.1 Å². The van der Waals surface area contributed by atoms with Crippen molar-refractivity contribution >= 4 is 10.0 Å². The lowest BCUT2D eigenvalue weighted by atomic mass is 10.1. The van der Waals surface area contributed by atoms with Gasteiger partial charge in [0, 0.05) is 26.7 Å². The van der Waals surface area contributed by atoms with Crippen LogP contribution in [0.2, 0.25) is 0 Å². The maximum absolute atomic E-state index is 12.5. The summed E-state index contributed by atoms with van der Waals surface area (Å²) in [6.07, 6.45) is 0. The van der Waals surface area contributed by atoms with E-state index in [1.807, 2.05) is 6.92 Å². The minimum atomic E-state index is -3.63. The topological polar surface area (TPSA) is 92.9 Å². The van der Waals surface area contributed by atoms with Crippen molar-refractivity contribution in [3.8, 4) is 0 Å². The highest BCUT2D eigenvalue weighted by Gasteiger charge is 2.24. The fraction of sp³-hybridized carbons (Fsp3) is 0.538. The van der Waals surface area contributed by atoms with Crippen LogP contribution < -0.4 is 5.73 Å². The molecule has 0 amide bonds. The van der Waals surface area contributed by atoms with Crippen LogP contribution in [-0.4, -0.2) is 51.2 Å². The standard InChI is InChI=1S/C13H22N2O4S/c1-11-9-13(4-3-12(11)10-14)20(17,18)15(5-7-16)6-8-19-2/h3-4,9,16H,5-8,10,14H2,1-2H3. The van der Waals surface area contributed by atoms with E-state index in [0.29, 0.717) is 6.54 Å². The molecular weight excluding hydrogens is 280 g/mol. The van der Waals surface area contributed by atoms with Crippen molar-refractivity contribution in [3.63, 3.8) is 0 Å². The number of aliphatic hydroxyl groups excluding tert-OH is 1. The molecule has 1 rings (SSSR count). The summed E-state index contributed by atoms with van der Waals surface area (Å²) in [5.41, 5.74) is 7.32. The number of rotatable bonds is 8. The molecule has 0 saturated carbocycles. The highest BCUT2D eigenvalue weighted by atomic mass is 32.2. The van der Waals surface area contributed by atoms with Gasteiger partial charge in [0.1, 0.15) is 0 Å². The van der Waals surface area contributed by atoms with Crippen LogP contribution in [0.3, 0.4) is 0 Å². The Morgan fingerprint density at radius 2 is 2.05 bits per heavy atom. The molecule has 0 aliphatic heterocycles. The van der Waals surface area contributed by atoms with E-state index in [9.17, 15) is 8.42 Å². The zero-order chi connectivity index (χ0) is 15.2. The zero-order valence-corrected chi connectivity index (χ0v) is 12.7.